The Balaban J connectivity index is 1.04. The third-order valence-electron chi connectivity index (χ3n) is 12.2. The van der Waals surface area contributed by atoms with Crippen molar-refractivity contribution in [3.8, 4) is 22.4 Å². The van der Waals surface area contributed by atoms with Crippen LogP contribution in [0.15, 0.2) is 188 Å². The van der Waals surface area contributed by atoms with Gasteiger partial charge in [0.1, 0.15) is 0 Å². The number of pyridine rings is 1. The maximum Gasteiger partial charge on any atom is 0.0722 e. The summed E-state index contributed by atoms with van der Waals surface area (Å²) in [4.78, 5) is 7.54. The number of benzene rings is 7. The average molecular weight is 719 g/mol. The summed E-state index contributed by atoms with van der Waals surface area (Å²) in [6, 6.07) is 60.2. The van der Waals surface area contributed by atoms with Gasteiger partial charge in [0.2, 0.25) is 0 Å². The maximum absolute atomic E-state index is 5.22. The Labute approximate surface area is 324 Å². The molecule has 3 heteroatoms. The van der Waals surface area contributed by atoms with Crippen LogP contribution in [0.1, 0.15) is 35.1 Å². The molecule has 3 aliphatic rings. The minimum atomic E-state index is -0.383. The third-order valence-corrected chi connectivity index (χ3v) is 13.4. The fraction of sp³-hybridized carbons (Fsp3) is 0.0577. The zero-order valence-electron chi connectivity index (χ0n) is 30.0. The standard InChI is InChI=1S/C52H34N2S/c1-2-15-35(16-3-1)54(48-23-12-14-33-13-4-5-17-37(33)48)36-26-30-47(53-32-36)34-25-27-39-38-18-6-9-21-43(38)52(46(39)31-34)44-22-10-7-20-42(44)50-45(52)29-28-41-40-19-8-11-24-49(40)55-51(41)50/h1-5,7-17,19-32H,6,18H2. The molecule has 0 bridgehead atoms. The van der Waals surface area contributed by atoms with Crippen LogP contribution < -0.4 is 4.90 Å². The van der Waals surface area contributed by atoms with Crippen molar-refractivity contribution >= 4 is 64.9 Å². The van der Waals surface area contributed by atoms with Gasteiger partial charge in [0.15, 0.2) is 0 Å². The number of hydrogen-bond donors (Lipinski definition) is 0. The van der Waals surface area contributed by atoms with Crippen molar-refractivity contribution in [1.82, 2.24) is 4.98 Å². The summed E-state index contributed by atoms with van der Waals surface area (Å²) in [7, 11) is 0. The molecule has 0 saturated carbocycles. The van der Waals surface area contributed by atoms with Gasteiger partial charge in [0.25, 0.3) is 0 Å². The Morgan fingerprint density at radius 2 is 1.40 bits per heavy atom. The highest BCUT2D eigenvalue weighted by Crippen LogP contribution is 2.65. The monoisotopic (exact) mass is 718 g/mol. The van der Waals surface area contributed by atoms with E-state index in [0.29, 0.717) is 0 Å². The van der Waals surface area contributed by atoms with E-state index in [1.807, 2.05) is 17.5 Å². The van der Waals surface area contributed by atoms with Crippen LogP contribution in [-0.4, -0.2) is 4.98 Å². The molecule has 0 aliphatic heterocycles. The summed E-state index contributed by atoms with van der Waals surface area (Å²) < 4.78 is 2.73. The minimum absolute atomic E-state index is 0.383. The largest absolute Gasteiger partial charge is 0.308 e. The minimum Gasteiger partial charge on any atom is -0.308 e. The lowest BCUT2D eigenvalue weighted by Crippen LogP contribution is -2.27. The van der Waals surface area contributed by atoms with E-state index in [2.05, 4.69) is 181 Å². The highest BCUT2D eigenvalue weighted by molar-refractivity contribution is 7.26. The number of allylic oxidation sites excluding steroid dienone is 4. The van der Waals surface area contributed by atoms with Gasteiger partial charge in [0.05, 0.1) is 28.7 Å². The molecule has 258 valence electrons. The molecule has 7 aromatic carbocycles. The number of aromatic nitrogens is 1. The molecule has 2 nitrogen and oxygen atoms in total. The van der Waals surface area contributed by atoms with E-state index in [0.717, 1.165) is 41.2 Å². The fourth-order valence-electron chi connectivity index (χ4n) is 9.94. The molecule has 3 aliphatic carbocycles. The van der Waals surface area contributed by atoms with Crippen LogP contribution >= 0.6 is 11.3 Å². The Bertz CT molecular complexity index is 3090. The molecule has 9 aromatic rings. The maximum atomic E-state index is 5.22. The predicted molar refractivity (Wildman–Crippen MR) is 232 cm³/mol. The molecule has 0 N–H and O–H groups in total. The first-order valence-electron chi connectivity index (χ1n) is 19.2. The van der Waals surface area contributed by atoms with E-state index >= 15 is 0 Å². The van der Waals surface area contributed by atoms with Gasteiger partial charge in [0, 0.05) is 42.4 Å². The second kappa shape index (κ2) is 11.7. The van der Waals surface area contributed by atoms with Gasteiger partial charge in [-0.15, -0.1) is 11.3 Å². The van der Waals surface area contributed by atoms with Crippen molar-refractivity contribution in [2.75, 3.05) is 4.90 Å². The first kappa shape index (κ1) is 30.9. The number of rotatable bonds is 4. The van der Waals surface area contributed by atoms with Crippen LogP contribution in [0.3, 0.4) is 0 Å². The van der Waals surface area contributed by atoms with Gasteiger partial charge in [-0.3, -0.25) is 4.98 Å². The highest BCUT2D eigenvalue weighted by atomic mass is 32.1. The molecule has 1 atom stereocenters. The van der Waals surface area contributed by atoms with Crippen LogP contribution in [-0.2, 0) is 5.41 Å². The summed E-state index contributed by atoms with van der Waals surface area (Å²) in [6.45, 7) is 0. The van der Waals surface area contributed by atoms with Crippen LogP contribution in [0.2, 0.25) is 0 Å². The summed E-state index contributed by atoms with van der Waals surface area (Å²) >= 11 is 1.94. The molecule has 0 fully saturated rings. The lowest BCUT2D eigenvalue weighted by molar-refractivity contribution is 0.781. The normalized spacial score (nSPS) is 16.5. The SMILES string of the molecule is C1=CC2=C(CC1)c1ccc(-c3ccc(N(c4ccccc4)c4cccc5ccccc45)cn3)cc1C21c2ccccc2-c2c1ccc1c2sc2ccccc21. The van der Waals surface area contributed by atoms with Gasteiger partial charge < -0.3 is 4.90 Å². The molecule has 0 radical (unpaired) electrons. The molecule has 55 heavy (non-hydrogen) atoms. The quantitative estimate of drug-likeness (QED) is 0.180. The predicted octanol–water partition coefficient (Wildman–Crippen LogP) is 14.2. The number of para-hydroxylation sites is 1. The van der Waals surface area contributed by atoms with E-state index < -0.39 is 0 Å². The van der Waals surface area contributed by atoms with Crippen molar-refractivity contribution in [3.05, 3.63) is 210 Å². The van der Waals surface area contributed by atoms with Crippen LogP contribution in [0, 0.1) is 0 Å². The smallest absolute Gasteiger partial charge is 0.0722 e. The Kier molecular flexibility index (Phi) is 6.58. The fourth-order valence-corrected chi connectivity index (χ4v) is 11.2. The van der Waals surface area contributed by atoms with Gasteiger partial charge in [-0.25, -0.2) is 0 Å². The van der Waals surface area contributed by atoms with E-state index in [4.69, 9.17) is 4.98 Å². The van der Waals surface area contributed by atoms with Crippen molar-refractivity contribution in [2.45, 2.75) is 18.3 Å². The Morgan fingerprint density at radius 1 is 0.582 bits per heavy atom. The summed E-state index contributed by atoms with van der Waals surface area (Å²) in [6.07, 6.45) is 8.99. The zero-order chi connectivity index (χ0) is 36.1. The molecule has 0 saturated heterocycles. The number of nitrogens with zero attached hydrogens (tertiary/aromatic N) is 2. The van der Waals surface area contributed by atoms with E-state index in [1.54, 1.807) is 0 Å². The first-order chi connectivity index (χ1) is 27.3. The average Bonchev–Trinajstić information content (AvgIpc) is 3.88. The number of fused-ring (bicyclic) bond motifs is 14. The topological polar surface area (TPSA) is 16.1 Å². The number of thiophene rings is 1. The molecular weight excluding hydrogens is 685 g/mol. The molecule has 12 rings (SSSR count). The van der Waals surface area contributed by atoms with Gasteiger partial charge in [-0.2, -0.15) is 0 Å². The van der Waals surface area contributed by atoms with E-state index in [9.17, 15) is 0 Å². The Morgan fingerprint density at radius 3 is 2.31 bits per heavy atom. The molecule has 0 amide bonds. The van der Waals surface area contributed by atoms with Crippen molar-refractivity contribution in [2.24, 2.45) is 0 Å². The van der Waals surface area contributed by atoms with E-state index in [-0.39, 0.29) is 5.41 Å². The second-order valence-corrected chi connectivity index (χ2v) is 16.0. The van der Waals surface area contributed by atoms with Gasteiger partial charge >= 0.3 is 0 Å². The summed E-state index contributed by atoms with van der Waals surface area (Å²) in [5.74, 6) is 0. The van der Waals surface area contributed by atoms with Crippen LogP contribution in [0.5, 0.6) is 0 Å². The third kappa shape index (κ3) is 4.27. The second-order valence-electron chi connectivity index (χ2n) is 14.9. The van der Waals surface area contributed by atoms with Gasteiger partial charge in [-0.1, -0.05) is 133 Å². The zero-order valence-corrected chi connectivity index (χ0v) is 30.9. The molecule has 2 heterocycles. The van der Waals surface area contributed by atoms with Crippen molar-refractivity contribution in [3.63, 3.8) is 0 Å². The van der Waals surface area contributed by atoms with Crippen LogP contribution in [0.4, 0.5) is 17.1 Å². The van der Waals surface area contributed by atoms with Crippen LogP contribution in [0.25, 0.3) is 58.9 Å². The number of hydrogen-bond acceptors (Lipinski definition) is 3. The molecule has 1 unspecified atom stereocenters. The molecular formula is C52H34N2S. The lowest BCUT2D eigenvalue weighted by atomic mass is 9.68. The molecule has 1 spiro atoms. The van der Waals surface area contributed by atoms with Crippen molar-refractivity contribution in [1.29, 1.82) is 0 Å². The first-order valence-corrected chi connectivity index (χ1v) is 20.0. The van der Waals surface area contributed by atoms with E-state index in [1.165, 1.54) is 75.5 Å². The summed E-state index contributed by atoms with van der Waals surface area (Å²) in [5.41, 5.74) is 16.2. The molecule has 2 aromatic heterocycles. The number of anilines is 3. The lowest BCUT2D eigenvalue weighted by Gasteiger charge is -2.32. The summed E-state index contributed by atoms with van der Waals surface area (Å²) in [5, 5.41) is 5.12. The van der Waals surface area contributed by atoms with Gasteiger partial charge in [-0.05, 0) is 99.7 Å². The van der Waals surface area contributed by atoms with Crippen molar-refractivity contribution < 1.29 is 0 Å². The highest BCUT2D eigenvalue weighted by Gasteiger charge is 2.53. The Hall–Kier alpha value is -6.55.